The molecule has 7 nitrogen and oxygen atoms in total. The summed E-state index contributed by atoms with van der Waals surface area (Å²) in [6, 6.07) is 0. The number of ether oxygens (including phenoxy) is 3. The molecule has 0 aromatic carbocycles. The number of thiophene rings is 1. The number of anilines is 2. The van der Waals surface area contributed by atoms with E-state index in [9.17, 15) is 9.59 Å². The second-order valence-electron chi connectivity index (χ2n) is 4.34. The Morgan fingerprint density at radius 1 is 1.33 bits per heavy atom. The predicted molar refractivity (Wildman–Crippen MR) is 79.1 cm³/mol. The van der Waals surface area contributed by atoms with Gasteiger partial charge in [0.25, 0.3) is 0 Å². The first-order chi connectivity index (χ1) is 10.1. The highest BCUT2D eigenvalue weighted by atomic mass is 32.1. The first-order valence-electron chi connectivity index (χ1n) is 6.60. The number of nitrogen functional groups attached to an aromatic ring is 1. The Bertz CT molecular complexity index is 537. The lowest BCUT2D eigenvalue weighted by Crippen LogP contribution is -2.36. The molecule has 8 heteroatoms. The molecule has 0 spiro atoms. The van der Waals surface area contributed by atoms with Crippen LogP contribution in [0.2, 0.25) is 0 Å². The van der Waals surface area contributed by atoms with E-state index in [1.54, 1.807) is 6.92 Å². The van der Waals surface area contributed by atoms with E-state index in [2.05, 4.69) is 0 Å². The van der Waals surface area contributed by atoms with Crippen LogP contribution < -0.4 is 10.6 Å². The number of nitrogens with two attached hydrogens (primary N) is 1. The maximum atomic E-state index is 12.1. The minimum absolute atomic E-state index is 0.117. The van der Waals surface area contributed by atoms with Gasteiger partial charge >= 0.3 is 11.9 Å². The van der Waals surface area contributed by atoms with Crippen LogP contribution in [0, 0.1) is 0 Å². The number of hydrogen-bond donors (Lipinski definition) is 1. The van der Waals surface area contributed by atoms with Crippen molar-refractivity contribution in [3.63, 3.8) is 0 Å². The summed E-state index contributed by atoms with van der Waals surface area (Å²) >= 11 is 1.15. The number of hydrogen-bond acceptors (Lipinski definition) is 8. The number of carbonyl (C=O) groups excluding carboxylic acids is 2. The molecule has 1 aromatic heterocycles. The van der Waals surface area contributed by atoms with Gasteiger partial charge in [-0.15, -0.1) is 11.3 Å². The fourth-order valence-corrected chi connectivity index (χ4v) is 3.24. The summed E-state index contributed by atoms with van der Waals surface area (Å²) in [4.78, 5) is 26.1. The molecule has 21 heavy (non-hydrogen) atoms. The first-order valence-corrected chi connectivity index (χ1v) is 7.42. The molecule has 116 valence electrons. The largest absolute Gasteiger partial charge is 0.465 e. The van der Waals surface area contributed by atoms with E-state index in [1.807, 2.05) is 4.90 Å². The molecule has 1 aliphatic heterocycles. The number of morpholine rings is 1. The van der Waals surface area contributed by atoms with Crippen molar-refractivity contribution in [2.24, 2.45) is 0 Å². The van der Waals surface area contributed by atoms with Gasteiger partial charge in [-0.2, -0.15) is 0 Å². The number of methoxy groups -OCH3 is 1. The predicted octanol–water partition coefficient (Wildman–Crippen LogP) is 1.13. The second kappa shape index (κ2) is 6.77. The van der Waals surface area contributed by atoms with E-state index < -0.39 is 11.9 Å². The van der Waals surface area contributed by atoms with Crippen molar-refractivity contribution < 1.29 is 23.8 Å². The lowest BCUT2D eigenvalue weighted by atomic mass is 10.2. The molecule has 0 atom stereocenters. The third-order valence-corrected chi connectivity index (χ3v) is 4.32. The first kappa shape index (κ1) is 15.6. The lowest BCUT2D eigenvalue weighted by molar-refractivity contribution is 0.0528. The zero-order valence-corrected chi connectivity index (χ0v) is 12.8. The average Bonchev–Trinajstić information content (AvgIpc) is 2.85. The Morgan fingerprint density at radius 2 is 2.00 bits per heavy atom. The van der Waals surface area contributed by atoms with Crippen LogP contribution in [-0.2, 0) is 14.2 Å². The molecule has 1 aromatic rings. The molecular weight excluding hydrogens is 296 g/mol. The van der Waals surface area contributed by atoms with E-state index in [0.29, 0.717) is 31.3 Å². The molecule has 1 saturated heterocycles. The van der Waals surface area contributed by atoms with Gasteiger partial charge in [0.2, 0.25) is 0 Å². The van der Waals surface area contributed by atoms with Gasteiger partial charge < -0.3 is 24.8 Å². The summed E-state index contributed by atoms with van der Waals surface area (Å²) in [7, 11) is 1.28. The Labute approximate surface area is 126 Å². The van der Waals surface area contributed by atoms with Gasteiger partial charge in [-0.25, -0.2) is 9.59 Å². The van der Waals surface area contributed by atoms with Crippen molar-refractivity contribution in [2.45, 2.75) is 6.92 Å². The molecule has 2 heterocycles. The molecule has 0 saturated carbocycles. The summed E-state index contributed by atoms with van der Waals surface area (Å²) in [6.45, 7) is 4.35. The fourth-order valence-electron chi connectivity index (χ4n) is 2.07. The highest BCUT2D eigenvalue weighted by molar-refractivity contribution is 7.19. The summed E-state index contributed by atoms with van der Waals surface area (Å²) in [6.07, 6.45) is 0. The van der Waals surface area contributed by atoms with Crippen LogP contribution in [0.1, 0.15) is 27.0 Å². The van der Waals surface area contributed by atoms with Crippen LogP contribution in [0.15, 0.2) is 0 Å². The Morgan fingerprint density at radius 3 is 2.57 bits per heavy atom. The van der Waals surface area contributed by atoms with Gasteiger partial charge in [0, 0.05) is 13.1 Å². The Kier molecular flexibility index (Phi) is 5.03. The van der Waals surface area contributed by atoms with Crippen molar-refractivity contribution in [1.82, 2.24) is 0 Å². The van der Waals surface area contributed by atoms with Crippen molar-refractivity contribution >= 4 is 34.0 Å². The topological polar surface area (TPSA) is 91.1 Å². The van der Waals surface area contributed by atoms with Crippen molar-refractivity contribution in [1.29, 1.82) is 0 Å². The monoisotopic (exact) mass is 314 g/mol. The minimum atomic E-state index is -0.553. The molecule has 1 fully saturated rings. The highest BCUT2D eigenvalue weighted by Gasteiger charge is 2.30. The Balaban J connectivity index is 2.45. The zero-order valence-electron chi connectivity index (χ0n) is 12.0. The lowest BCUT2D eigenvalue weighted by Gasteiger charge is -2.28. The van der Waals surface area contributed by atoms with E-state index >= 15 is 0 Å². The second-order valence-corrected chi connectivity index (χ2v) is 5.34. The molecule has 0 unspecified atom stereocenters. The maximum absolute atomic E-state index is 12.1. The van der Waals surface area contributed by atoms with Crippen molar-refractivity contribution in [3.05, 3.63) is 10.4 Å². The molecule has 1 aliphatic rings. The minimum Gasteiger partial charge on any atom is -0.465 e. The molecular formula is C13H18N2O5S. The van der Waals surface area contributed by atoms with Gasteiger partial charge in [-0.3, -0.25) is 0 Å². The van der Waals surface area contributed by atoms with Crippen molar-refractivity contribution in [2.75, 3.05) is 50.7 Å². The third-order valence-electron chi connectivity index (χ3n) is 3.08. The number of rotatable bonds is 4. The van der Waals surface area contributed by atoms with Crippen LogP contribution in [0.25, 0.3) is 0 Å². The zero-order chi connectivity index (χ0) is 15.4. The Hall–Kier alpha value is -1.80. The molecule has 2 N–H and O–H groups in total. The van der Waals surface area contributed by atoms with Crippen LogP contribution in [0.5, 0.6) is 0 Å². The quantitative estimate of drug-likeness (QED) is 0.833. The van der Waals surface area contributed by atoms with E-state index in [4.69, 9.17) is 19.9 Å². The smallest absolute Gasteiger partial charge is 0.350 e. The van der Waals surface area contributed by atoms with Gasteiger partial charge in [-0.1, -0.05) is 0 Å². The normalized spacial score (nSPS) is 14.9. The number of esters is 2. The van der Waals surface area contributed by atoms with Crippen LogP contribution >= 0.6 is 11.3 Å². The molecule has 2 rings (SSSR count). The van der Waals surface area contributed by atoms with Gasteiger partial charge in [0.05, 0.1) is 32.6 Å². The standard InChI is InChI=1S/C13H18N2O5S/c1-3-20-12(16)8-9(14)10(13(17)18-2)21-11(8)15-4-6-19-7-5-15/h3-7,14H2,1-2H3. The molecule has 0 amide bonds. The SMILES string of the molecule is CCOC(=O)c1c(N2CCOCC2)sc(C(=O)OC)c1N. The molecule has 0 aliphatic carbocycles. The highest BCUT2D eigenvalue weighted by Crippen LogP contribution is 2.39. The fraction of sp³-hybridized carbons (Fsp3) is 0.538. The summed E-state index contributed by atoms with van der Waals surface area (Å²) in [5.74, 6) is -1.08. The summed E-state index contributed by atoms with van der Waals surface area (Å²) in [5.41, 5.74) is 6.33. The van der Waals surface area contributed by atoms with E-state index in [1.165, 1.54) is 7.11 Å². The van der Waals surface area contributed by atoms with Gasteiger partial charge in [0.1, 0.15) is 15.4 Å². The van der Waals surface area contributed by atoms with E-state index in [-0.39, 0.29) is 22.7 Å². The van der Waals surface area contributed by atoms with Gasteiger partial charge in [-0.05, 0) is 6.92 Å². The van der Waals surface area contributed by atoms with Crippen LogP contribution in [0.4, 0.5) is 10.7 Å². The number of carbonyl (C=O) groups is 2. The number of nitrogens with zero attached hydrogens (tertiary/aromatic N) is 1. The molecule has 0 radical (unpaired) electrons. The summed E-state index contributed by atoms with van der Waals surface area (Å²) in [5, 5.41) is 0.634. The van der Waals surface area contributed by atoms with Crippen LogP contribution in [0.3, 0.4) is 0 Å². The third kappa shape index (κ3) is 3.11. The van der Waals surface area contributed by atoms with Gasteiger partial charge in [0.15, 0.2) is 0 Å². The maximum Gasteiger partial charge on any atom is 0.350 e. The van der Waals surface area contributed by atoms with Crippen molar-refractivity contribution in [3.8, 4) is 0 Å². The van der Waals surface area contributed by atoms with E-state index in [0.717, 1.165) is 11.3 Å². The van der Waals surface area contributed by atoms with Crippen LogP contribution in [-0.4, -0.2) is 52.0 Å². The molecule has 0 bridgehead atoms. The average molecular weight is 314 g/mol. The summed E-state index contributed by atoms with van der Waals surface area (Å²) < 4.78 is 15.1.